The first-order valence-corrected chi connectivity index (χ1v) is 7.32. The maximum Gasteiger partial charge on any atom is 0.270 e. The summed E-state index contributed by atoms with van der Waals surface area (Å²) in [5, 5.41) is 16.6. The Morgan fingerprint density at radius 2 is 1.91 bits per heavy atom. The highest BCUT2D eigenvalue weighted by Crippen LogP contribution is 2.22. The summed E-state index contributed by atoms with van der Waals surface area (Å²) >= 11 is 0. The second-order valence-electron chi connectivity index (χ2n) is 5.26. The predicted molar refractivity (Wildman–Crippen MR) is 89.8 cm³/mol. The molecule has 0 heterocycles. The van der Waals surface area contributed by atoms with Crippen LogP contribution in [-0.4, -0.2) is 24.4 Å². The topological polar surface area (TPSA) is 84.3 Å². The number of rotatable bonds is 6. The first-order valence-electron chi connectivity index (χ1n) is 7.32. The summed E-state index contributed by atoms with van der Waals surface area (Å²) < 4.78 is 0. The third kappa shape index (κ3) is 4.06. The molecule has 0 unspecified atom stereocenters. The van der Waals surface area contributed by atoms with Crippen molar-refractivity contribution in [1.82, 2.24) is 5.32 Å². The van der Waals surface area contributed by atoms with Crippen molar-refractivity contribution in [3.8, 4) is 0 Å². The number of hydrogen-bond acceptors (Lipinski definition) is 4. The fraction of sp³-hybridized carbons (Fsp3) is 0.235. The van der Waals surface area contributed by atoms with Gasteiger partial charge in [0.05, 0.1) is 10.5 Å². The monoisotopic (exact) mass is 313 g/mol. The maximum atomic E-state index is 12.4. The van der Waals surface area contributed by atoms with Crippen LogP contribution in [0.25, 0.3) is 0 Å². The molecule has 0 saturated carbocycles. The van der Waals surface area contributed by atoms with Crippen molar-refractivity contribution in [2.45, 2.75) is 12.8 Å². The second kappa shape index (κ2) is 7.40. The minimum atomic E-state index is -0.511. The van der Waals surface area contributed by atoms with E-state index in [4.69, 9.17) is 0 Å². The molecule has 0 fully saturated rings. The first-order chi connectivity index (χ1) is 11.0. The lowest BCUT2D eigenvalue weighted by Gasteiger charge is -2.14. The first kappa shape index (κ1) is 16.5. The average molecular weight is 313 g/mol. The Kier molecular flexibility index (Phi) is 5.30. The van der Waals surface area contributed by atoms with Crippen LogP contribution in [0.2, 0.25) is 0 Å². The molecule has 1 amide bonds. The van der Waals surface area contributed by atoms with E-state index >= 15 is 0 Å². The highest BCUT2D eigenvalue weighted by Gasteiger charge is 2.17. The van der Waals surface area contributed by atoms with E-state index in [1.807, 2.05) is 37.3 Å². The molecular formula is C17H19N3O3. The normalized spacial score (nSPS) is 11.6. The SMILES string of the molecule is CNc1ccc([N+](=O)[O-])cc1C(=O)NC[C@H](C)c1ccccc1. The number of nitrogens with zero attached hydrogens (tertiary/aromatic N) is 1. The summed E-state index contributed by atoms with van der Waals surface area (Å²) in [5.74, 6) is -0.183. The number of non-ortho nitro benzene ring substituents is 1. The van der Waals surface area contributed by atoms with E-state index in [1.165, 1.54) is 18.2 Å². The van der Waals surface area contributed by atoms with Crippen LogP contribution < -0.4 is 10.6 Å². The minimum Gasteiger partial charge on any atom is -0.387 e. The fourth-order valence-corrected chi connectivity index (χ4v) is 2.29. The molecule has 0 spiro atoms. The van der Waals surface area contributed by atoms with Crippen LogP contribution in [0, 0.1) is 10.1 Å². The molecule has 2 rings (SSSR count). The summed E-state index contributed by atoms with van der Waals surface area (Å²) in [6.07, 6.45) is 0. The van der Waals surface area contributed by atoms with E-state index in [1.54, 1.807) is 7.05 Å². The van der Waals surface area contributed by atoms with Crippen LogP contribution in [0.3, 0.4) is 0 Å². The molecule has 0 aliphatic carbocycles. The molecule has 6 nitrogen and oxygen atoms in total. The molecule has 2 N–H and O–H groups in total. The molecule has 6 heteroatoms. The number of nitro benzene ring substituents is 1. The zero-order valence-electron chi connectivity index (χ0n) is 13.1. The number of benzene rings is 2. The molecule has 2 aromatic rings. The Bertz CT molecular complexity index is 701. The number of nitro groups is 1. The molecule has 2 aromatic carbocycles. The number of hydrogen-bond donors (Lipinski definition) is 2. The number of carbonyl (C=O) groups excluding carboxylic acids is 1. The van der Waals surface area contributed by atoms with Gasteiger partial charge in [-0.05, 0) is 17.5 Å². The zero-order valence-corrected chi connectivity index (χ0v) is 13.1. The Hall–Kier alpha value is -2.89. The Morgan fingerprint density at radius 3 is 2.52 bits per heavy atom. The molecular weight excluding hydrogens is 294 g/mol. The van der Waals surface area contributed by atoms with Gasteiger partial charge in [-0.2, -0.15) is 0 Å². The van der Waals surface area contributed by atoms with Gasteiger partial charge in [0.15, 0.2) is 0 Å². The van der Waals surface area contributed by atoms with Gasteiger partial charge in [0.1, 0.15) is 0 Å². The van der Waals surface area contributed by atoms with E-state index in [0.717, 1.165) is 5.56 Å². The van der Waals surface area contributed by atoms with Crippen molar-refractivity contribution in [2.24, 2.45) is 0 Å². The van der Waals surface area contributed by atoms with Gasteiger partial charge < -0.3 is 10.6 Å². The van der Waals surface area contributed by atoms with Crippen LogP contribution >= 0.6 is 0 Å². The number of carbonyl (C=O) groups is 1. The van der Waals surface area contributed by atoms with Crippen LogP contribution in [0.15, 0.2) is 48.5 Å². The summed E-state index contributed by atoms with van der Waals surface area (Å²) in [5.41, 5.74) is 1.84. The Morgan fingerprint density at radius 1 is 1.22 bits per heavy atom. The minimum absolute atomic E-state index is 0.106. The van der Waals surface area contributed by atoms with E-state index in [0.29, 0.717) is 12.2 Å². The largest absolute Gasteiger partial charge is 0.387 e. The van der Waals surface area contributed by atoms with Gasteiger partial charge in [0.2, 0.25) is 0 Å². The van der Waals surface area contributed by atoms with E-state index in [2.05, 4.69) is 10.6 Å². The summed E-state index contributed by atoms with van der Waals surface area (Å²) in [7, 11) is 1.67. The molecule has 0 aromatic heterocycles. The van der Waals surface area contributed by atoms with E-state index in [9.17, 15) is 14.9 Å². The van der Waals surface area contributed by atoms with Gasteiger partial charge in [-0.25, -0.2) is 0 Å². The number of anilines is 1. The second-order valence-corrected chi connectivity index (χ2v) is 5.26. The third-order valence-corrected chi connectivity index (χ3v) is 3.67. The van der Waals surface area contributed by atoms with Crippen molar-refractivity contribution in [3.63, 3.8) is 0 Å². The zero-order chi connectivity index (χ0) is 16.8. The lowest BCUT2D eigenvalue weighted by Crippen LogP contribution is -2.28. The number of amides is 1. The highest BCUT2D eigenvalue weighted by atomic mass is 16.6. The predicted octanol–water partition coefficient (Wildman–Crippen LogP) is 3.17. The number of nitrogens with one attached hydrogen (secondary N) is 2. The van der Waals surface area contributed by atoms with Gasteiger partial charge in [-0.3, -0.25) is 14.9 Å². The molecule has 1 atom stereocenters. The summed E-state index contributed by atoms with van der Waals surface area (Å²) in [6, 6.07) is 14.0. The molecule has 120 valence electrons. The molecule has 0 radical (unpaired) electrons. The highest BCUT2D eigenvalue weighted by molar-refractivity contribution is 6.00. The van der Waals surface area contributed by atoms with Gasteiger partial charge in [-0.15, -0.1) is 0 Å². The van der Waals surface area contributed by atoms with Crippen molar-refractivity contribution >= 4 is 17.3 Å². The van der Waals surface area contributed by atoms with Gasteiger partial charge in [-0.1, -0.05) is 37.3 Å². The van der Waals surface area contributed by atoms with Crippen LogP contribution in [0.5, 0.6) is 0 Å². The molecule has 0 bridgehead atoms. The summed E-state index contributed by atoms with van der Waals surface area (Å²) in [4.78, 5) is 22.7. The van der Waals surface area contributed by atoms with Crippen molar-refractivity contribution in [2.75, 3.05) is 18.9 Å². The van der Waals surface area contributed by atoms with Gasteiger partial charge >= 0.3 is 0 Å². The van der Waals surface area contributed by atoms with Crippen molar-refractivity contribution in [1.29, 1.82) is 0 Å². The van der Waals surface area contributed by atoms with Gasteiger partial charge in [0.25, 0.3) is 11.6 Å². The van der Waals surface area contributed by atoms with Crippen molar-refractivity contribution < 1.29 is 9.72 Å². The molecule has 0 aliphatic heterocycles. The Balaban J connectivity index is 2.11. The third-order valence-electron chi connectivity index (χ3n) is 3.67. The molecule has 23 heavy (non-hydrogen) atoms. The summed E-state index contributed by atoms with van der Waals surface area (Å²) in [6.45, 7) is 2.47. The smallest absolute Gasteiger partial charge is 0.270 e. The van der Waals surface area contributed by atoms with Crippen LogP contribution in [0.4, 0.5) is 11.4 Å². The van der Waals surface area contributed by atoms with Crippen LogP contribution in [-0.2, 0) is 0 Å². The molecule has 0 saturated heterocycles. The lowest BCUT2D eigenvalue weighted by atomic mass is 10.0. The molecule has 0 aliphatic rings. The van der Waals surface area contributed by atoms with Crippen LogP contribution in [0.1, 0.15) is 28.8 Å². The quantitative estimate of drug-likeness (QED) is 0.633. The average Bonchev–Trinajstić information content (AvgIpc) is 2.59. The standard InChI is InChI=1S/C17H19N3O3/c1-12(13-6-4-3-5-7-13)11-19-17(21)15-10-14(20(22)23)8-9-16(15)18-2/h3-10,12,18H,11H2,1-2H3,(H,19,21)/t12-/m0/s1. The van der Waals surface area contributed by atoms with Gasteiger partial charge in [0, 0.05) is 31.4 Å². The van der Waals surface area contributed by atoms with Crippen molar-refractivity contribution in [3.05, 3.63) is 69.8 Å². The lowest BCUT2D eigenvalue weighted by molar-refractivity contribution is -0.384. The fourth-order valence-electron chi connectivity index (χ4n) is 2.29. The van der Waals surface area contributed by atoms with E-state index < -0.39 is 4.92 Å². The maximum absolute atomic E-state index is 12.4. The Labute approximate surface area is 134 Å². The van der Waals surface area contributed by atoms with E-state index in [-0.39, 0.29) is 23.1 Å².